The molecule has 2 rings (SSSR count). The van der Waals surface area contributed by atoms with Crippen LogP contribution in [0.3, 0.4) is 0 Å². The number of hydrogen-bond donors (Lipinski definition) is 3. The molecule has 0 unspecified atom stereocenters. The van der Waals surface area contributed by atoms with Gasteiger partial charge in [0.1, 0.15) is 0 Å². The number of carboxylic acids is 2. The maximum atomic E-state index is 9.55. The van der Waals surface area contributed by atoms with Gasteiger partial charge in [-0.25, -0.2) is 9.59 Å². The zero-order chi connectivity index (χ0) is 17.2. The molecule has 0 aliphatic carbocycles. The van der Waals surface area contributed by atoms with Crippen LogP contribution >= 0.6 is 0 Å². The third-order valence-electron chi connectivity index (χ3n) is 2.76. The van der Waals surface area contributed by atoms with Crippen molar-refractivity contribution in [3.8, 4) is 11.3 Å². The minimum atomic E-state index is -1.26. The van der Waals surface area contributed by atoms with E-state index in [0.717, 1.165) is 23.5 Å². The Morgan fingerprint density at radius 3 is 2.22 bits per heavy atom. The van der Waals surface area contributed by atoms with E-state index in [1.54, 1.807) is 0 Å². The second-order valence-electron chi connectivity index (χ2n) is 4.56. The van der Waals surface area contributed by atoms with E-state index in [9.17, 15) is 9.59 Å². The zero-order valence-electron chi connectivity index (χ0n) is 12.7. The smallest absolute Gasteiger partial charge is 0.328 e. The number of hydrogen-bond acceptors (Lipinski definition) is 4. The van der Waals surface area contributed by atoms with Gasteiger partial charge < -0.3 is 15.9 Å². The lowest BCUT2D eigenvalue weighted by molar-refractivity contribution is -0.134. The van der Waals surface area contributed by atoms with E-state index in [1.807, 2.05) is 22.9 Å². The zero-order valence-corrected chi connectivity index (χ0v) is 12.7. The van der Waals surface area contributed by atoms with Gasteiger partial charge in [-0.3, -0.25) is 4.68 Å². The average Bonchev–Trinajstić information content (AvgIpc) is 2.88. The summed E-state index contributed by atoms with van der Waals surface area (Å²) in [6.07, 6.45) is 1.12. The Labute approximate surface area is 133 Å². The SMILES string of the molecule is Cc1cc(-c2ccccc2)nn1CCN.O=C(O)/C=C\C(=O)O. The molecular weight excluding hydrogens is 298 g/mol. The molecule has 0 saturated heterocycles. The molecule has 2 aromatic rings. The maximum absolute atomic E-state index is 9.55. The van der Waals surface area contributed by atoms with E-state index in [-0.39, 0.29) is 0 Å². The third-order valence-corrected chi connectivity index (χ3v) is 2.76. The van der Waals surface area contributed by atoms with Gasteiger partial charge in [-0.15, -0.1) is 0 Å². The summed E-state index contributed by atoms with van der Waals surface area (Å²) in [7, 11) is 0. The van der Waals surface area contributed by atoms with Crippen LogP contribution in [0.25, 0.3) is 11.3 Å². The van der Waals surface area contributed by atoms with Gasteiger partial charge in [0.05, 0.1) is 12.2 Å². The lowest BCUT2D eigenvalue weighted by Gasteiger charge is -1.99. The molecule has 0 bridgehead atoms. The molecule has 1 aromatic heterocycles. The fraction of sp³-hybridized carbons (Fsp3) is 0.188. The van der Waals surface area contributed by atoms with Gasteiger partial charge in [0.15, 0.2) is 0 Å². The highest BCUT2D eigenvalue weighted by atomic mass is 16.4. The molecule has 7 heteroatoms. The first-order valence-electron chi connectivity index (χ1n) is 6.88. The molecule has 0 saturated carbocycles. The second-order valence-corrected chi connectivity index (χ2v) is 4.56. The van der Waals surface area contributed by atoms with Crippen LogP contribution < -0.4 is 5.73 Å². The molecule has 0 spiro atoms. The Bertz CT molecular complexity index is 662. The molecular formula is C16H19N3O4. The van der Waals surface area contributed by atoms with Crippen molar-refractivity contribution in [2.24, 2.45) is 5.73 Å². The van der Waals surface area contributed by atoms with E-state index in [1.165, 1.54) is 0 Å². The fourth-order valence-corrected chi connectivity index (χ4v) is 1.75. The highest BCUT2D eigenvalue weighted by Gasteiger charge is 2.04. The normalized spacial score (nSPS) is 10.2. The van der Waals surface area contributed by atoms with Gasteiger partial charge in [0.2, 0.25) is 0 Å². The molecule has 0 atom stereocenters. The van der Waals surface area contributed by atoms with Gasteiger partial charge in [0.25, 0.3) is 0 Å². The van der Waals surface area contributed by atoms with Crippen LogP contribution in [0.4, 0.5) is 0 Å². The molecule has 7 nitrogen and oxygen atoms in total. The van der Waals surface area contributed by atoms with Gasteiger partial charge in [-0.1, -0.05) is 30.3 Å². The van der Waals surface area contributed by atoms with Crippen LogP contribution in [0.15, 0.2) is 48.6 Å². The molecule has 0 radical (unpaired) electrons. The second kappa shape index (κ2) is 9.16. The number of carboxylic acid groups (broad SMARTS) is 2. The van der Waals surface area contributed by atoms with Crippen LogP contribution in [0.1, 0.15) is 5.69 Å². The number of aliphatic carboxylic acids is 2. The van der Waals surface area contributed by atoms with Gasteiger partial charge >= 0.3 is 11.9 Å². The Balaban J connectivity index is 0.000000284. The minimum Gasteiger partial charge on any atom is -0.478 e. The summed E-state index contributed by atoms with van der Waals surface area (Å²) in [6, 6.07) is 12.3. The Morgan fingerprint density at radius 2 is 1.74 bits per heavy atom. The van der Waals surface area contributed by atoms with Crippen molar-refractivity contribution in [2.45, 2.75) is 13.5 Å². The van der Waals surface area contributed by atoms with Crippen molar-refractivity contribution in [2.75, 3.05) is 6.54 Å². The summed E-state index contributed by atoms with van der Waals surface area (Å²) < 4.78 is 1.95. The third kappa shape index (κ3) is 6.58. The first-order chi connectivity index (χ1) is 10.9. The van der Waals surface area contributed by atoms with E-state index in [4.69, 9.17) is 15.9 Å². The largest absolute Gasteiger partial charge is 0.478 e. The maximum Gasteiger partial charge on any atom is 0.328 e. The Kier molecular flexibility index (Phi) is 7.22. The Morgan fingerprint density at radius 1 is 1.17 bits per heavy atom. The van der Waals surface area contributed by atoms with Crippen molar-refractivity contribution in [1.82, 2.24) is 9.78 Å². The summed E-state index contributed by atoms with van der Waals surface area (Å²) >= 11 is 0. The monoisotopic (exact) mass is 317 g/mol. The van der Waals surface area contributed by atoms with Crippen molar-refractivity contribution in [1.29, 1.82) is 0 Å². The average molecular weight is 317 g/mol. The summed E-state index contributed by atoms with van der Waals surface area (Å²) in [6.45, 7) is 3.45. The quantitative estimate of drug-likeness (QED) is 0.720. The molecule has 0 aliphatic rings. The number of aromatic nitrogens is 2. The first-order valence-corrected chi connectivity index (χ1v) is 6.88. The number of rotatable bonds is 5. The molecule has 23 heavy (non-hydrogen) atoms. The molecule has 4 N–H and O–H groups in total. The summed E-state index contributed by atoms with van der Waals surface area (Å²) in [5.74, 6) is -2.51. The van der Waals surface area contributed by atoms with Crippen LogP contribution in [-0.4, -0.2) is 38.5 Å². The van der Waals surface area contributed by atoms with Crippen molar-refractivity contribution < 1.29 is 19.8 Å². The number of benzene rings is 1. The predicted molar refractivity (Wildman–Crippen MR) is 85.9 cm³/mol. The van der Waals surface area contributed by atoms with Crippen LogP contribution in [0, 0.1) is 6.92 Å². The molecule has 0 amide bonds. The van der Waals surface area contributed by atoms with E-state index in [0.29, 0.717) is 18.7 Å². The molecule has 122 valence electrons. The van der Waals surface area contributed by atoms with Crippen LogP contribution in [-0.2, 0) is 16.1 Å². The topological polar surface area (TPSA) is 118 Å². The van der Waals surface area contributed by atoms with Crippen molar-refractivity contribution in [3.63, 3.8) is 0 Å². The van der Waals surface area contributed by atoms with E-state index >= 15 is 0 Å². The number of carbonyl (C=O) groups is 2. The molecule has 0 aliphatic heterocycles. The minimum absolute atomic E-state index is 0.558. The Hall–Kier alpha value is -2.93. The molecule has 0 fully saturated rings. The van der Waals surface area contributed by atoms with E-state index < -0.39 is 11.9 Å². The summed E-state index contributed by atoms with van der Waals surface area (Å²) in [4.78, 5) is 19.1. The van der Waals surface area contributed by atoms with Crippen LogP contribution in [0.5, 0.6) is 0 Å². The standard InChI is InChI=1S/C12H15N3.C4H4O4/c1-10-9-12(14-15(10)8-7-13)11-5-3-2-4-6-11;5-3(6)1-2-4(7)8/h2-6,9H,7-8,13H2,1H3;1-2H,(H,5,6)(H,7,8)/b;2-1-. The highest BCUT2D eigenvalue weighted by Crippen LogP contribution is 2.17. The van der Waals surface area contributed by atoms with Crippen molar-refractivity contribution in [3.05, 3.63) is 54.2 Å². The number of nitrogens with two attached hydrogens (primary N) is 1. The van der Waals surface area contributed by atoms with Crippen molar-refractivity contribution >= 4 is 11.9 Å². The molecule has 1 heterocycles. The lowest BCUT2D eigenvalue weighted by atomic mass is 10.1. The van der Waals surface area contributed by atoms with Gasteiger partial charge in [-0.2, -0.15) is 5.10 Å². The highest BCUT2D eigenvalue weighted by molar-refractivity contribution is 5.89. The lowest BCUT2D eigenvalue weighted by Crippen LogP contribution is -2.12. The summed E-state index contributed by atoms with van der Waals surface area (Å²) in [5.41, 5.74) is 8.83. The van der Waals surface area contributed by atoms with Gasteiger partial charge in [-0.05, 0) is 13.0 Å². The number of aryl methyl sites for hydroxylation is 1. The first kappa shape index (κ1) is 18.1. The predicted octanol–water partition coefficient (Wildman–Crippen LogP) is 1.53. The van der Waals surface area contributed by atoms with Gasteiger partial charge in [0, 0.05) is 30.0 Å². The number of nitrogens with zero attached hydrogens (tertiary/aromatic N) is 2. The van der Waals surface area contributed by atoms with Crippen LogP contribution in [0.2, 0.25) is 0 Å². The molecule has 1 aromatic carbocycles. The fourth-order valence-electron chi connectivity index (χ4n) is 1.75. The summed E-state index contributed by atoms with van der Waals surface area (Å²) in [5, 5.41) is 20.1. The van der Waals surface area contributed by atoms with E-state index in [2.05, 4.69) is 30.2 Å².